The fraction of sp³-hybridized carbons (Fsp3) is 0.750. The van der Waals surface area contributed by atoms with Crippen LogP contribution in [0, 0.1) is 0 Å². The standard InChI is InChI=1S/C16H30N4O/c1-4-7-8-9-10-17-11-12-20-16(21)13-15(14-18-20)19(5-2)6-3/h13-14,17H,4-12H2,1-3H3. The van der Waals surface area contributed by atoms with E-state index < -0.39 is 0 Å². The molecule has 0 aliphatic carbocycles. The minimum absolute atomic E-state index is 0.0211. The zero-order valence-corrected chi connectivity index (χ0v) is 13.8. The number of aromatic nitrogens is 2. The first-order valence-corrected chi connectivity index (χ1v) is 8.25. The third kappa shape index (κ3) is 6.29. The Labute approximate surface area is 128 Å². The van der Waals surface area contributed by atoms with Crippen LogP contribution in [0.2, 0.25) is 0 Å². The van der Waals surface area contributed by atoms with Gasteiger partial charge in [-0.15, -0.1) is 0 Å². The van der Waals surface area contributed by atoms with Crippen LogP contribution in [-0.2, 0) is 6.54 Å². The van der Waals surface area contributed by atoms with E-state index in [0.29, 0.717) is 6.54 Å². The Bertz CT molecular complexity index is 440. The minimum Gasteiger partial charge on any atom is -0.371 e. The van der Waals surface area contributed by atoms with Gasteiger partial charge >= 0.3 is 0 Å². The predicted octanol–water partition coefficient (Wildman–Crippen LogP) is 2.26. The van der Waals surface area contributed by atoms with Gasteiger partial charge in [0.15, 0.2) is 0 Å². The lowest BCUT2D eigenvalue weighted by atomic mass is 10.2. The van der Waals surface area contributed by atoms with Crippen molar-refractivity contribution in [2.24, 2.45) is 0 Å². The van der Waals surface area contributed by atoms with Crippen LogP contribution >= 0.6 is 0 Å². The van der Waals surface area contributed by atoms with Crippen LogP contribution in [0.5, 0.6) is 0 Å². The third-order valence-electron chi connectivity index (χ3n) is 3.69. The lowest BCUT2D eigenvalue weighted by Gasteiger charge is -2.20. The molecule has 0 fully saturated rings. The van der Waals surface area contributed by atoms with Crippen LogP contribution in [0.1, 0.15) is 46.5 Å². The van der Waals surface area contributed by atoms with Gasteiger partial charge in [-0.1, -0.05) is 26.2 Å². The van der Waals surface area contributed by atoms with E-state index in [1.165, 1.54) is 30.4 Å². The molecule has 0 radical (unpaired) electrons. The Kier molecular flexibility index (Phi) is 8.74. The van der Waals surface area contributed by atoms with E-state index in [4.69, 9.17) is 0 Å². The van der Waals surface area contributed by atoms with Gasteiger partial charge < -0.3 is 10.2 Å². The molecule has 0 unspecified atom stereocenters. The molecular weight excluding hydrogens is 264 g/mol. The van der Waals surface area contributed by atoms with Crippen molar-refractivity contribution in [3.8, 4) is 0 Å². The SMILES string of the molecule is CCCCCCNCCn1ncc(N(CC)CC)cc1=O. The van der Waals surface area contributed by atoms with Crippen molar-refractivity contribution in [2.75, 3.05) is 31.1 Å². The van der Waals surface area contributed by atoms with Crippen LogP contribution < -0.4 is 15.8 Å². The molecule has 21 heavy (non-hydrogen) atoms. The second kappa shape index (κ2) is 10.4. The van der Waals surface area contributed by atoms with E-state index in [0.717, 1.165) is 31.9 Å². The summed E-state index contributed by atoms with van der Waals surface area (Å²) in [5.41, 5.74) is 0.890. The lowest BCUT2D eigenvalue weighted by Crippen LogP contribution is -2.31. The first-order valence-electron chi connectivity index (χ1n) is 8.25. The topological polar surface area (TPSA) is 50.2 Å². The summed E-state index contributed by atoms with van der Waals surface area (Å²) in [6.07, 6.45) is 6.83. The van der Waals surface area contributed by atoms with Crippen LogP contribution in [-0.4, -0.2) is 36.0 Å². The van der Waals surface area contributed by atoms with Crippen molar-refractivity contribution in [1.29, 1.82) is 0 Å². The second-order valence-corrected chi connectivity index (χ2v) is 5.26. The van der Waals surface area contributed by atoms with Gasteiger partial charge in [0.25, 0.3) is 5.56 Å². The molecule has 0 aliphatic heterocycles. The normalized spacial score (nSPS) is 10.8. The molecule has 5 nitrogen and oxygen atoms in total. The maximum Gasteiger partial charge on any atom is 0.268 e. The number of anilines is 1. The maximum atomic E-state index is 12.0. The van der Waals surface area contributed by atoms with Crippen LogP contribution in [0.15, 0.2) is 17.1 Å². The molecule has 1 N–H and O–H groups in total. The van der Waals surface area contributed by atoms with E-state index >= 15 is 0 Å². The number of hydrogen-bond acceptors (Lipinski definition) is 4. The summed E-state index contributed by atoms with van der Waals surface area (Å²) in [5.74, 6) is 0. The lowest BCUT2D eigenvalue weighted by molar-refractivity contribution is 0.518. The molecule has 120 valence electrons. The fourth-order valence-corrected chi connectivity index (χ4v) is 2.34. The maximum absolute atomic E-state index is 12.0. The molecule has 0 amide bonds. The van der Waals surface area contributed by atoms with Gasteiger partial charge in [0.2, 0.25) is 0 Å². The zero-order chi connectivity index (χ0) is 15.5. The molecular formula is C16H30N4O. The molecule has 0 bridgehead atoms. The van der Waals surface area contributed by atoms with Crippen LogP contribution in [0.4, 0.5) is 5.69 Å². The molecule has 0 saturated carbocycles. The molecule has 1 aromatic rings. The van der Waals surface area contributed by atoms with Crippen molar-refractivity contribution in [3.63, 3.8) is 0 Å². The average Bonchev–Trinajstić information content (AvgIpc) is 2.49. The number of rotatable bonds is 11. The number of nitrogens with zero attached hydrogens (tertiary/aromatic N) is 3. The van der Waals surface area contributed by atoms with Crippen molar-refractivity contribution >= 4 is 5.69 Å². The highest BCUT2D eigenvalue weighted by molar-refractivity contribution is 5.42. The van der Waals surface area contributed by atoms with Crippen molar-refractivity contribution in [3.05, 3.63) is 22.6 Å². The monoisotopic (exact) mass is 294 g/mol. The first-order chi connectivity index (χ1) is 10.2. The van der Waals surface area contributed by atoms with Gasteiger partial charge in [-0.2, -0.15) is 5.10 Å². The van der Waals surface area contributed by atoms with E-state index in [-0.39, 0.29) is 5.56 Å². The summed E-state index contributed by atoms with van der Waals surface area (Å²) in [5, 5.41) is 7.63. The smallest absolute Gasteiger partial charge is 0.268 e. The van der Waals surface area contributed by atoms with Gasteiger partial charge in [0.05, 0.1) is 18.4 Å². The summed E-state index contributed by atoms with van der Waals surface area (Å²) in [6, 6.07) is 1.68. The third-order valence-corrected chi connectivity index (χ3v) is 3.69. The van der Waals surface area contributed by atoms with Gasteiger partial charge in [-0.3, -0.25) is 4.79 Å². The van der Waals surface area contributed by atoms with E-state index in [9.17, 15) is 4.79 Å². The van der Waals surface area contributed by atoms with Crippen LogP contribution in [0.25, 0.3) is 0 Å². The Morgan fingerprint density at radius 1 is 1.14 bits per heavy atom. The molecule has 1 aromatic heterocycles. The van der Waals surface area contributed by atoms with E-state index in [1.54, 1.807) is 12.3 Å². The Morgan fingerprint density at radius 3 is 2.52 bits per heavy atom. The first kappa shape index (κ1) is 17.7. The average molecular weight is 294 g/mol. The van der Waals surface area contributed by atoms with E-state index in [2.05, 4.69) is 36.1 Å². The molecule has 5 heteroatoms. The molecule has 0 atom stereocenters. The molecule has 0 aliphatic rings. The molecule has 0 spiro atoms. The molecule has 1 rings (SSSR count). The van der Waals surface area contributed by atoms with Gasteiger partial charge in [-0.05, 0) is 26.8 Å². The Hall–Kier alpha value is -1.36. The van der Waals surface area contributed by atoms with Crippen molar-refractivity contribution in [1.82, 2.24) is 15.1 Å². The second-order valence-electron chi connectivity index (χ2n) is 5.26. The Morgan fingerprint density at radius 2 is 1.90 bits per heavy atom. The van der Waals surface area contributed by atoms with E-state index in [1.807, 2.05) is 0 Å². The van der Waals surface area contributed by atoms with Crippen molar-refractivity contribution in [2.45, 2.75) is 53.0 Å². The summed E-state index contributed by atoms with van der Waals surface area (Å²) in [6.45, 7) is 10.6. The van der Waals surface area contributed by atoms with Crippen molar-refractivity contribution < 1.29 is 0 Å². The summed E-state index contributed by atoms with van der Waals surface area (Å²) in [4.78, 5) is 14.2. The highest BCUT2D eigenvalue weighted by atomic mass is 16.1. The fourth-order valence-electron chi connectivity index (χ4n) is 2.34. The predicted molar refractivity (Wildman–Crippen MR) is 89.1 cm³/mol. The quantitative estimate of drug-likeness (QED) is 0.636. The summed E-state index contributed by atoms with van der Waals surface area (Å²) < 4.78 is 1.53. The number of nitrogens with one attached hydrogen (secondary N) is 1. The van der Waals surface area contributed by atoms with Crippen LogP contribution in [0.3, 0.4) is 0 Å². The highest BCUT2D eigenvalue weighted by Gasteiger charge is 2.05. The molecule has 1 heterocycles. The van der Waals surface area contributed by atoms with Gasteiger partial charge in [0, 0.05) is 25.7 Å². The number of hydrogen-bond donors (Lipinski definition) is 1. The molecule has 0 saturated heterocycles. The minimum atomic E-state index is -0.0211. The highest BCUT2D eigenvalue weighted by Crippen LogP contribution is 2.07. The summed E-state index contributed by atoms with van der Waals surface area (Å²) in [7, 11) is 0. The summed E-state index contributed by atoms with van der Waals surface area (Å²) >= 11 is 0. The largest absolute Gasteiger partial charge is 0.371 e. The Balaban J connectivity index is 2.38. The number of unbranched alkanes of at least 4 members (excludes halogenated alkanes) is 3. The zero-order valence-electron chi connectivity index (χ0n) is 13.8. The molecule has 0 aromatic carbocycles. The van der Waals surface area contributed by atoms with Gasteiger partial charge in [-0.25, -0.2) is 4.68 Å². The van der Waals surface area contributed by atoms with Gasteiger partial charge in [0.1, 0.15) is 0 Å².